The number of hydrogen-bond donors (Lipinski definition) is 1. The SMILES string of the molecule is [C]#Cc1ncccc1N1CCCC1CO. The van der Waals surface area contributed by atoms with Gasteiger partial charge in [0, 0.05) is 12.7 Å². The van der Waals surface area contributed by atoms with Crippen molar-refractivity contribution < 1.29 is 5.11 Å². The van der Waals surface area contributed by atoms with E-state index in [1.54, 1.807) is 6.20 Å². The van der Waals surface area contributed by atoms with Crippen LogP contribution in [0.4, 0.5) is 5.69 Å². The van der Waals surface area contributed by atoms with Crippen LogP contribution in [-0.2, 0) is 0 Å². The van der Waals surface area contributed by atoms with Crippen LogP contribution >= 0.6 is 0 Å². The van der Waals surface area contributed by atoms with Crippen LogP contribution in [0.2, 0.25) is 0 Å². The van der Waals surface area contributed by atoms with Gasteiger partial charge >= 0.3 is 0 Å². The van der Waals surface area contributed by atoms with E-state index < -0.39 is 0 Å². The highest BCUT2D eigenvalue weighted by atomic mass is 16.3. The molecule has 1 N–H and O–H groups in total. The van der Waals surface area contributed by atoms with E-state index in [1.807, 2.05) is 12.1 Å². The third kappa shape index (κ3) is 1.81. The van der Waals surface area contributed by atoms with Crippen molar-refractivity contribution in [3.05, 3.63) is 30.4 Å². The van der Waals surface area contributed by atoms with E-state index in [4.69, 9.17) is 6.42 Å². The monoisotopic (exact) mass is 201 g/mol. The molecule has 15 heavy (non-hydrogen) atoms. The Morgan fingerprint density at radius 1 is 1.67 bits per heavy atom. The lowest BCUT2D eigenvalue weighted by Crippen LogP contribution is -2.32. The summed E-state index contributed by atoms with van der Waals surface area (Å²) in [5, 5.41) is 9.23. The van der Waals surface area contributed by atoms with E-state index in [-0.39, 0.29) is 12.6 Å². The molecule has 1 radical (unpaired) electrons. The lowest BCUT2D eigenvalue weighted by Gasteiger charge is -2.25. The molecule has 77 valence electrons. The van der Waals surface area contributed by atoms with Crippen LogP contribution in [0.25, 0.3) is 0 Å². The van der Waals surface area contributed by atoms with Gasteiger partial charge in [-0.3, -0.25) is 0 Å². The molecule has 1 aromatic heterocycles. The fourth-order valence-electron chi connectivity index (χ4n) is 2.07. The molecular formula is C12H13N2O. The van der Waals surface area contributed by atoms with Crippen LogP contribution in [-0.4, -0.2) is 29.3 Å². The summed E-state index contributed by atoms with van der Waals surface area (Å²) < 4.78 is 0. The summed E-state index contributed by atoms with van der Waals surface area (Å²) in [6.07, 6.45) is 10.9. The zero-order valence-corrected chi connectivity index (χ0v) is 8.48. The molecule has 0 amide bonds. The summed E-state index contributed by atoms with van der Waals surface area (Å²) in [5.74, 6) is 2.33. The van der Waals surface area contributed by atoms with E-state index in [0.717, 1.165) is 25.1 Å². The first-order chi connectivity index (χ1) is 7.36. The first kappa shape index (κ1) is 10.0. The van der Waals surface area contributed by atoms with Crippen molar-refractivity contribution in [1.82, 2.24) is 4.98 Å². The predicted molar refractivity (Wildman–Crippen MR) is 57.9 cm³/mol. The van der Waals surface area contributed by atoms with E-state index in [9.17, 15) is 5.11 Å². The Kier molecular flexibility index (Phi) is 2.89. The number of aliphatic hydroxyl groups excluding tert-OH is 1. The van der Waals surface area contributed by atoms with Gasteiger partial charge in [-0.2, -0.15) is 0 Å². The van der Waals surface area contributed by atoms with Gasteiger partial charge in [0.15, 0.2) is 0 Å². The Balaban J connectivity index is 2.33. The highest BCUT2D eigenvalue weighted by molar-refractivity contribution is 5.57. The predicted octanol–water partition coefficient (Wildman–Crippen LogP) is 0.981. The first-order valence-electron chi connectivity index (χ1n) is 5.12. The molecule has 0 bridgehead atoms. The van der Waals surface area contributed by atoms with E-state index in [0.29, 0.717) is 5.69 Å². The van der Waals surface area contributed by atoms with Crippen LogP contribution < -0.4 is 4.90 Å². The Morgan fingerprint density at radius 2 is 2.53 bits per heavy atom. The molecule has 1 atom stereocenters. The third-order valence-corrected chi connectivity index (χ3v) is 2.80. The van der Waals surface area contributed by atoms with Crippen molar-refractivity contribution in [2.45, 2.75) is 18.9 Å². The molecule has 0 aromatic carbocycles. The number of anilines is 1. The van der Waals surface area contributed by atoms with Crippen LogP contribution in [0.15, 0.2) is 18.3 Å². The summed E-state index contributed by atoms with van der Waals surface area (Å²) in [6, 6.07) is 3.95. The average Bonchev–Trinajstić information content (AvgIpc) is 2.76. The van der Waals surface area contributed by atoms with E-state index in [1.165, 1.54) is 0 Å². The van der Waals surface area contributed by atoms with Gasteiger partial charge in [-0.15, -0.1) is 0 Å². The highest BCUT2D eigenvalue weighted by Crippen LogP contribution is 2.26. The third-order valence-electron chi connectivity index (χ3n) is 2.80. The number of rotatable bonds is 2. The van der Waals surface area contributed by atoms with E-state index >= 15 is 0 Å². The highest BCUT2D eigenvalue weighted by Gasteiger charge is 2.25. The van der Waals surface area contributed by atoms with Crippen molar-refractivity contribution in [2.24, 2.45) is 0 Å². The lowest BCUT2D eigenvalue weighted by atomic mass is 10.2. The van der Waals surface area contributed by atoms with Crippen LogP contribution in [0.5, 0.6) is 0 Å². The fraction of sp³-hybridized carbons (Fsp3) is 0.417. The molecular weight excluding hydrogens is 188 g/mol. The van der Waals surface area contributed by atoms with Gasteiger partial charge in [0.05, 0.1) is 18.3 Å². The second kappa shape index (κ2) is 4.33. The number of aromatic nitrogens is 1. The second-order valence-corrected chi connectivity index (χ2v) is 3.67. The molecule has 2 heterocycles. The Morgan fingerprint density at radius 3 is 3.27 bits per heavy atom. The van der Waals surface area contributed by atoms with Gasteiger partial charge in [0.1, 0.15) is 5.69 Å². The maximum atomic E-state index is 9.23. The van der Waals surface area contributed by atoms with Crippen molar-refractivity contribution >= 4 is 5.69 Å². The minimum Gasteiger partial charge on any atom is -0.394 e. The van der Waals surface area contributed by atoms with Crippen LogP contribution in [0.3, 0.4) is 0 Å². The van der Waals surface area contributed by atoms with Gasteiger partial charge in [0.2, 0.25) is 0 Å². The number of nitrogens with zero attached hydrogens (tertiary/aromatic N) is 2. The average molecular weight is 201 g/mol. The largest absolute Gasteiger partial charge is 0.394 e. The molecule has 1 unspecified atom stereocenters. The summed E-state index contributed by atoms with van der Waals surface area (Å²) in [5.41, 5.74) is 1.46. The topological polar surface area (TPSA) is 36.4 Å². The smallest absolute Gasteiger partial charge is 0.137 e. The maximum Gasteiger partial charge on any atom is 0.137 e. The van der Waals surface area contributed by atoms with Crippen molar-refractivity contribution in [2.75, 3.05) is 18.1 Å². The van der Waals surface area contributed by atoms with Gasteiger partial charge < -0.3 is 10.0 Å². The Labute approximate surface area is 89.8 Å². The molecule has 3 heteroatoms. The minimum absolute atomic E-state index is 0.159. The second-order valence-electron chi connectivity index (χ2n) is 3.67. The normalized spacial score (nSPS) is 20.3. The maximum absolute atomic E-state index is 9.23. The summed E-state index contributed by atoms with van der Waals surface area (Å²) in [7, 11) is 0. The van der Waals surface area contributed by atoms with Crippen LogP contribution in [0.1, 0.15) is 18.5 Å². The van der Waals surface area contributed by atoms with Crippen molar-refractivity contribution in [3.8, 4) is 5.92 Å². The van der Waals surface area contributed by atoms with Crippen molar-refractivity contribution in [1.29, 1.82) is 0 Å². The van der Waals surface area contributed by atoms with Crippen molar-refractivity contribution in [3.63, 3.8) is 0 Å². The number of aliphatic hydroxyl groups is 1. The molecule has 0 aliphatic carbocycles. The van der Waals surface area contributed by atoms with E-state index in [2.05, 4.69) is 15.8 Å². The molecule has 1 aromatic rings. The summed E-state index contributed by atoms with van der Waals surface area (Å²) >= 11 is 0. The molecule has 3 nitrogen and oxygen atoms in total. The van der Waals surface area contributed by atoms with Crippen LogP contribution in [0, 0.1) is 12.3 Å². The Hall–Kier alpha value is -1.53. The standard InChI is InChI=1S/C12H13N2O/c1-2-11-12(6-3-7-13-11)14-8-4-5-10(14)9-15/h3,6-7,10,15H,4-5,8-9H2. The molecule has 1 aliphatic heterocycles. The molecule has 2 rings (SSSR count). The number of pyridine rings is 1. The minimum atomic E-state index is 0.159. The van der Waals surface area contributed by atoms with Gasteiger partial charge in [-0.1, -0.05) is 0 Å². The lowest BCUT2D eigenvalue weighted by molar-refractivity contribution is 0.266. The van der Waals surface area contributed by atoms with Gasteiger partial charge in [-0.25, -0.2) is 4.98 Å². The fourth-order valence-corrected chi connectivity index (χ4v) is 2.07. The molecule has 0 saturated carbocycles. The summed E-state index contributed by atoms with van der Waals surface area (Å²) in [4.78, 5) is 6.20. The van der Waals surface area contributed by atoms with Gasteiger partial charge in [-0.05, 0) is 37.3 Å². The van der Waals surface area contributed by atoms with Gasteiger partial charge in [0.25, 0.3) is 0 Å². The Bertz CT molecular complexity index is 383. The molecule has 1 aliphatic rings. The molecule has 0 spiro atoms. The summed E-state index contributed by atoms with van der Waals surface area (Å²) in [6.45, 7) is 1.08. The quantitative estimate of drug-likeness (QED) is 0.725. The zero-order valence-electron chi connectivity index (χ0n) is 8.48. The number of hydrogen-bond acceptors (Lipinski definition) is 3. The molecule has 1 fully saturated rings. The zero-order chi connectivity index (χ0) is 10.7. The molecule has 1 saturated heterocycles. The first-order valence-corrected chi connectivity index (χ1v) is 5.12.